The first-order chi connectivity index (χ1) is 8.63. The second-order valence-electron chi connectivity index (χ2n) is 4.45. The van der Waals surface area contributed by atoms with Crippen molar-refractivity contribution in [3.05, 3.63) is 17.7 Å². The van der Waals surface area contributed by atoms with Crippen molar-refractivity contribution in [3.63, 3.8) is 0 Å². The zero-order chi connectivity index (χ0) is 13.5. The van der Waals surface area contributed by atoms with Crippen molar-refractivity contribution in [2.75, 3.05) is 31.7 Å². The fourth-order valence-corrected chi connectivity index (χ4v) is 1.74. The number of hydrogen-bond acceptors (Lipinski definition) is 5. The van der Waals surface area contributed by atoms with Crippen molar-refractivity contribution in [1.29, 1.82) is 0 Å². The van der Waals surface area contributed by atoms with Crippen LogP contribution in [-0.2, 0) is 11.3 Å². The van der Waals surface area contributed by atoms with Gasteiger partial charge in [0.25, 0.3) is 0 Å². The number of likely N-dealkylation sites (N-methyl/N-ethyl adjacent to an activating group) is 1. The minimum Gasteiger partial charge on any atom is -0.390 e. The summed E-state index contributed by atoms with van der Waals surface area (Å²) in [5.41, 5.74) is 1.58. The second kappa shape index (κ2) is 7.28. The molecule has 5 nitrogen and oxygen atoms in total. The van der Waals surface area contributed by atoms with Crippen molar-refractivity contribution in [2.24, 2.45) is 0 Å². The molecule has 0 spiro atoms. The van der Waals surface area contributed by atoms with E-state index in [-0.39, 0.29) is 12.5 Å². The highest BCUT2D eigenvalue weighted by Crippen LogP contribution is 2.20. The van der Waals surface area contributed by atoms with E-state index in [1.807, 2.05) is 13.8 Å². The molecular weight excluding hydrogens is 230 g/mol. The number of anilines is 1. The molecule has 1 heterocycles. The number of hydrogen-bond donors (Lipinski definition) is 1. The maximum atomic E-state index is 9.45. The Labute approximate surface area is 109 Å². The van der Waals surface area contributed by atoms with Crippen molar-refractivity contribution in [1.82, 2.24) is 9.97 Å². The van der Waals surface area contributed by atoms with Crippen molar-refractivity contribution >= 4 is 5.69 Å². The summed E-state index contributed by atoms with van der Waals surface area (Å²) < 4.78 is 5.09. The minimum atomic E-state index is -0.0684. The molecule has 1 aromatic heterocycles. The molecule has 0 aliphatic heterocycles. The van der Waals surface area contributed by atoms with E-state index in [1.54, 1.807) is 13.3 Å². The third-order valence-corrected chi connectivity index (χ3v) is 2.82. The first-order valence-corrected chi connectivity index (χ1v) is 6.34. The van der Waals surface area contributed by atoms with Gasteiger partial charge in [0.1, 0.15) is 5.82 Å². The summed E-state index contributed by atoms with van der Waals surface area (Å²) in [5.74, 6) is 1.03. The van der Waals surface area contributed by atoms with Crippen LogP contribution in [0, 0.1) is 0 Å². The Morgan fingerprint density at radius 2 is 2.17 bits per heavy atom. The lowest BCUT2D eigenvalue weighted by Crippen LogP contribution is -2.28. The molecule has 0 atom stereocenters. The van der Waals surface area contributed by atoms with E-state index in [9.17, 15) is 5.11 Å². The molecule has 0 unspecified atom stereocenters. The number of ether oxygens (including phenoxy) is 1. The minimum absolute atomic E-state index is 0.0684. The molecule has 0 bridgehead atoms. The third-order valence-electron chi connectivity index (χ3n) is 2.82. The lowest BCUT2D eigenvalue weighted by atomic mass is 10.2. The molecule has 0 aliphatic carbocycles. The Morgan fingerprint density at radius 1 is 1.44 bits per heavy atom. The molecule has 0 aromatic carbocycles. The zero-order valence-electron chi connectivity index (χ0n) is 11.7. The van der Waals surface area contributed by atoms with Gasteiger partial charge in [0.05, 0.1) is 30.8 Å². The average molecular weight is 253 g/mol. The highest BCUT2D eigenvalue weighted by atomic mass is 16.5. The molecule has 18 heavy (non-hydrogen) atoms. The van der Waals surface area contributed by atoms with Gasteiger partial charge >= 0.3 is 0 Å². The fraction of sp³-hybridized carbons (Fsp3) is 0.692. The summed E-state index contributed by atoms with van der Waals surface area (Å²) in [5, 5.41) is 9.45. The summed E-state index contributed by atoms with van der Waals surface area (Å²) in [4.78, 5) is 10.9. The molecular formula is C13H23N3O2. The molecule has 5 heteroatoms. The van der Waals surface area contributed by atoms with E-state index in [0.29, 0.717) is 12.3 Å². The molecule has 0 saturated heterocycles. The maximum absolute atomic E-state index is 9.45. The van der Waals surface area contributed by atoms with E-state index < -0.39 is 0 Å². The van der Waals surface area contributed by atoms with Gasteiger partial charge in [-0.25, -0.2) is 9.97 Å². The molecule has 0 saturated carbocycles. The van der Waals surface area contributed by atoms with Gasteiger partial charge in [0, 0.05) is 26.1 Å². The molecule has 0 radical (unpaired) electrons. The van der Waals surface area contributed by atoms with E-state index in [1.165, 1.54) is 0 Å². The summed E-state index contributed by atoms with van der Waals surface area (Å²) in [7, 11) is 1.68. The second-order valence-corrected chi connectivity index (χ2v) is 4.45. The highest BCUT2D eigenvalue weighted by molar-refractivity contribution is 5.48. The standard InChI is InChI=1S/C13H23N3O2/c1-5-16(6-7-18-4)12-8-14-13(10(2)3)15-11(12)9-17/h8,10,17H,5-7,9H2,1-4H3. The van der Waals surface area contributed by atoms with Crippen LogP contribution in [0.2, 0.25) is 0 Å². The van der Waals surface area contributed by atoms with Gasteiger partial charge in [-0.1, -0.05) is 13.8 Å². The largest absolute Gasteiger partial charge is 0.390 e. The molecule has 1 aromatic rings. The number of rotatable bonds is 7. The maximum Gasteiger partial charge on any atom is 0.131 e. The van der Waals surface area contributed by atoms with Gasteiger partial charge in [-0.2, -0.15) is 0 Å². The lowest BCUT2D eigenvalue weighted by Gasteiger charge is -2.24. The van der Waals surface area contributed by atoms with Crippen LogP contribution in [0.4, 0.5) is 5.69 Å². The fourth-order valence-electron chi connectivity index (χ4n) is 1.74. The molecule has 102 valence electrons. The quantitative estimate of drug-likeness (QED) is 0.799. The normalized spacial score (nSPS) is 11.0. The van der Waals surface area contributed by atoms with Gasteiger partial charge in [-0.3, -0.25) is 0 Å². The highest BCUT2D eigenvalue weighted by Gasteiger charge is 2.13. The Kier molecular flexibility index (Phi) is 6.01. The van der Waals surface area contributed by atoms with Crippen LogP contribution in [0.1, 0.15) is 38.2 Å². The van der Waals surface area contributed by atoms with Crippen LogP contribution < -0.4 is 4.90 Å². The summed E-state index contributed by atoms with van der Waals surface area (Å²) in [6.07, 6.45) is 1.80. The summed E-state index contributed by atoms with van der Waals surface area (Å²) in [6, 6.07) is 0. The van der Waals surface area contributed by atoms with E-state index >= 15 is 0 Å². The smallest absolute Gasteiger partial charge is 0.131 e. The molecule has 1 rings (SSSR count). The number of aliphatic hydroxyl groups is 1. The number of aromatic nitrogens is 2. The Morgan fingerprint density at radius 3 is 2.67 bits per heavy atom. The predicted molar refractivity (Wildman–Crippen MR) is 71.8 cm³/mol. The van der Waals surface area contributed by atoms with Crippen molar-refractivity contribution < 1.29 is 9.84 Å². The SMILES string of the molecule is CCN(CCOC)c1cnc(C(C)C)nc1CO. The summed E-state index contributed by atoms with van der Waals surface area (Å²) in [6.45, 7) is 8.32. The number of nitrogens with zero attached hydrogens (tertiary/aromatic N) is 3. The van der Waals surface area contributed by atoms with Crippen molar-refractivity contribution in [2.45, 2.75) is 33.3 Å². The Bertz CT molecular complexity index is 369. The van der Waals surface area contributed by atoms with Crippen LogP contribution in [0.15, 0.2) is 6.20 Å². The van der Waals surface area contributed by atoms with Crippen LogP contribution in [0.25, 0.3) is 0 Å². The number of aliphatic hydroxyl groups excluding tert-OH is 1. The monoisotopic (exact) mass is 253 g/mol. The van der Waals surface area contributed by atoms with Crippen LogP contribution >= 0.6 is 0 Å². The summed E-state index contributed by atoms with van der Waals surface area (Å²) >= 11 is 0. The average Bonchev–Trinajstić information content (AvgIpc) is 2.39. The topological polar surface area (TPSA) is 58.5 Å². The van der Waals surface area contributed by atoms with E-state index in [4.69, 9.17) is 4.74 Å². The molecule has 0 aliphatic rings. The van der Waals surface area contributed by atoms with Crippen LogP contribution in [0.5, 0.6) is 0 Å². The zero-order valence-corrected chi connectivity index (χ0v) is 11.7. The molecule has 1 N–H and O–H groups in total. The number of methoxy groups -OCH3 is 1. The molecule has 0 amide bonds. The first-order valence-electron chi connectivity index (χ1n) is 6.34. The van der Waals surface area contributed by atoms with Gasteiger partial charge < -0.3 is 14.7 Å². The molecule has 0 fully saturated rings. The first kappa shape index (κ1) is 14.9. The third kappa shape index (κ3) is 3.65. The van der Waals surface area contributed by atoms with E-state index in [0.717, 1.165) is 24.6 Å². The predicted octanol–water partition coefficient (Wildman–Crippen LogP) is 1.56. The van der Waals surface area contributed by atoms with Gasteiger partial charge in [-0.15, -0.1) is 0 Å². The van der Waals surface area contributed by atoms with E-state index in [2.05, 4.69) is 21.8 Å². The van der Waals surface area contributed by atoms with Crippen LogP contribution in [0.3, 0.4) is 0 Å². The van der Waals surface area contributed by atoms with Crippen LogP contribution in [-0.4, -0.2) is 41.9 Å². The van der Waals surface area contributed by atoms with Crippen molar-refractivity contribution in [3.8, 4) is 0 Å². The van der Waals surface area contributed by atoms with Gasteiger partial charge in [-0.05, 0) is 6.92 Å². The Balaban J connectivity index is 2.98. The lowest BCUT2D eigenvalue weighted by molar-refractivity contribution is 0.205. The van der Waals surface area contributed by atoms with Gasteiger partial charge in [0.2, 0.25) is 0 Å². The Hall–Kier alpha value is -1.20. The van der Waals surface area contributed by atoms with Gasteiger partial charge in [0.15, 0.2) is 0 Å².